The van der Waals surface area contributed by atoms with Gasteiger partial charge in [0.05, 0.1) is 33.9 Å². The van der Waals surface area contributed by atoms with E-state index in [1.807, 2.05) is 31.2 Å². The van der Waals surface area contributed by atoms with Crippen molar-refractivity contribution in [2.75, 3.05) is 0 Å². The molecule has 118 valence electrons. The van der Waals surface area contributed by atoms with E-state index in [0.29, 0.717) is 16.4 Å². The molecule has 0 aliphatic carbocycles. The molecule has 0 spiro atoms. The molecule has 0 bridgehead atoms. The van der Waals surface area contributed by atoms with Crippen LogP contribution < -0.4 is 4.72 Å². The number of nitrogens with zero attached hydrogens (tertiary/aromatic N) is 2. The molecule has 3 rings (SSSR count). The van der Waals surface area contributed by atoms with E-state index in [-0.39, 0.29) is 11.4 Å². The Bertz CT molecular complexity index is 957. The molecular formula is C16H14ClN3O2S. The lowest BCUT2D eigenvalue weighted by Crippen LogP contribution is -2.24. The molecule has 1 aromatic heterocycles. The Kier molecular flexibility index (Phi) is 4.30. The highest BCUT2D eigenvalue weighted by atomic mass is 35.5. The Morgan fingerprint density at radius 2 is 1.61 bits per heavy atom. The fourth-order valence-corrected chi connectivity index (χ4v) is 3.27. The summed E-state index contributed by atoms with van der Waals surface area (Å²) in [6, 6.07) is 13.5. The Hall–Kier alpha value is -2.02. The van der Waals surface area contributed by atoms with Gasteiger partial charge in [0, 0.05) is 5.02 Å². The second-order valence-corrected chi connectivity index (χ2v) is 7.23. The molecule has 2 aromatic carbocycles. The molecule has 0 amide bonds. The maximum Gasteiger partial charge on any atom is 0.240 e. The largest absolute Gasteiger partial charge is 0.250 e. The van der Waals surface area contributed by atoms with Crippen LogP contribution in [0.5, 0.6) is 0 Å². The van der Waals surface area contributed by atoms with Crippen molar-refractivity contribution in [3.05, 3.63) is 64.9 Å². The number of benzene rings is 2. The number of para-hydroxylation sites is 2. The van der Waals surface area contributed by atoms with Crippen molar-refractivity contribution < 1.29 is 8.42 Å². The monoisotopic (exact) mass is 347 g/mol. The zero-order valence-electron chi connectivity index (χ0n) is 12.3. The highest BCUT2D eigenvalue weighted by molar-refractivity contribution is 7.89. The van der Waals surface area contributed by atoms with Gasteiger partial charge in [-0.05, 0) is 43.3 Å². The minimum Gasteiger partial charge on any atom is -0.250 e. The zero-order chi connectivity index (χ0) is 16.4. The molecule has 5 nitrogen and oxygen atoms in total. The molecule has 0 radical (unpaired) electrons. The first-order valence-electron chi connectivity index (χ1n) is 6.93. The molecule has 0 aliphatic rings. The number of fused-ring (bicyclic) bond motifs is 1. The van der Waals surface area contributed by atoms with Gasteiger partial charge < -0.3 is 0 Å². The third-order valence-electron chi connectivity index (χ3n) is 3.40. The third kappa shape index (κ3) is 3.50. The summed E-state index contributed by atoms with van der Waals surface area (Å²) in [7, 11) is -3.62. The van der Waals surface area contributed by atoms with E-state index < -0.39 is 10.0 Å². The molecule has 0 fully saturated rings. The van der Waals surface area contributed by atoms with Gasteiger partial charge in [-0.1, -0.05) is 23.7 Å². The lowest BCUT2D eigenvalue weighted by molar-refractivity contribution is 0.580. The summed E-state index contributed by atoms with van der Waals surface area (Å²) >= 11 is 5.78. The molecule has 0 saturated carbocycles. The Morgan fingerprint density at radius 3 is 2.26 bits per heavy atom. The summed E-state index contributed by atoms with van der Waals surface area (Å²) in [6.45, 7) is 1.89. The van der Waals surface area contributed by atoms with Crippen LogP contribution in [-0.2, 0) is 16.6 Å². The lowest BCUT2D eigenvalue weighted by atomic mass is 10.2. The summed E-state index contributed by atoms with van der Waals surface area (Å²) in [5.41, 5.74) is 2.82. The van der Waals surface area contributed by atoms with Crippen molar-refractivity contribution in [1.82, 2.24) is 14.7 Å². The van der Waals surface area contributed by atoms with E-state index in [0.717, 1.165) is 11.0 Å². The van der Waals surface area contributed by atoms with E-state index in [1.165, 1.54) is 24.3 Å². The molecule has 0 atom stereocenters. The first kappa shape index (κ1) is 15.9. The summed E-state index contributed by atoms with van der Waals surface area (Å²) in [5, 5.41) is 0.486. The zero-order valence-corrected chi connectivity index (χ0v) is 13.9. The second-order valence-electron chi connectivity index (χ2n) is 5.02. The number of nitrogens with one attached hydrogen (secondary N) is 1. The van der Waals surface area contributed by atoms with Crippen LogP contribution in [0.25, 0.3) is 11.0 Å². The van der Waals surface area contributed by atoms with Crippen LogP contribution in [0.3, 0.4) is 0 Å². The molecule has 1 N–H and O–H groups in total. The average Bonchev–Trinajstić information content (AvgIpc) is 2.53. The molecule has 0 aliphatic heterocycles. The number of aromatic nitrogens is 2. The Morgan fingerprint density at radius 1 is 1.00 bits per heavy atom. The second kappa shape index (κ2) is 6.23. The van der Waals surface area contributed by atoms with Gasteiger partial charge >= 0.3 is 0 Å². The van der Waals surface area contributed by atoms with Crippen molar-refractivity contribution in [1.29, 1.82) is 0 Å². The predicted molar refractivity (Wildman–Crippen MR) is 89.8 cm³/mol. The number of sulfonamides is 1. The fraction of sp³-hybridized carbons (Fsp3) is 0.125. The fourth-order valence-electron chi connectivity index (χ4n) is 2.15. The maximum absolute atomic E-state index is 12.3. The number of rotatable bonds is 4. The average molecular weight is 348 g/mol. The van der Waals surface area contributed by atoms with Crippen molar-refractivity contribution in [3.63, 3.8) is 0 Å². The van der Waals surface area contributed by atoms with Crippen molar-refractivity contribution in [2.24, 2.45) is 0 Å². The quantitative estimate of drug-likeness (QED) is 0.787. The van der Waals surface area contributed by atoms with Crippen LogP contribution in [0, 0.1) is 6.92 Å². The number of hydrogen-bond donors (Lipinski definition) is 1. The van der Waals surface area contributed by atoms with Gasteiger partial charge in [-0.15, -0.1) is 0 Å². The van der Waals surface area contributed by atoms with E-state index in [1.54, 1.807) is 0 Å². The van der Waals surface area contributed by atoms with Gasteiger partial charge in [-0.3, -0.25) is 0 Å². The van der Waals surface area contributed by atoms with Gasteiger partial charge in [-0.25, -0.2) is 23.1 Å². The summed E-state index contributed by atoms with van der Waals surface area (Å²) in [5.74, 6) is 0. The maximum atomic E-state index is 12.3. The van der Waals surface area contributed by atoms with E-state index in [9.17, 15) is 8.42 Å². The van der Waals surface area contributed by atoms with Crippen molar-refractivity contribution in [3.8, 4) is 0 Å². The van der Waals surface area contributed by atoms with Gasteiger partial charge in [-0.2, -0.15) is 0 Å². The van der Waals surface area contributed by atoms with Crippen LogP contribution >= 0.6 is 11.6 Å². The molecule has 7 heteroatoms. The number of aryl methyl sites for hydroxylation is 1. The van der Waals surface area contributed by atoms with Crippen LogP contribution in [0.2, 0.25) is 5.02 Å². The van der Waals surface area contributed by atoms with Gasteiger partial charge in [0.15, 0.2) is 0 Å². The molecular weight excluding hydrogens is 334 g/mol. The lowest BCUT2D eigenvalue weighted by Gasteiger charge is -2.09. The normalized spacial score (nSPS) is 11.7. The van der Waals surface area contributed by atoms with Crippen LogP contribution in [0.15, 0.2) is 53.4 Å². The molecule has 0 saturated heterocycles. The van der Waals surface area contributed by atoms with Gasteiger partial charge in [0.1, 0.15) is 0 Å². The van der Waals surface area contributed by atoms with Crippen LogP contribution in [0.4, 0.5) is 0 Å². The molecule has 0 unspecified atom stereocenters. The standard InChI is InChI=1S/C16H14ClN3O2S/c1-11-16(20-15-5-3-2-4-14(15)19-11)10-18-23(21,22)13-8-6-12(17)7-9-13/h2-9,18H,10H2,1H3. The topological polar surface area (TPSA) is 72.0 Å². The highest BCUT2D eigenvalue weighted by Crippen LogP contribution is 2.15. The van der Waals surface area contributed by atoms with E-state index in [4.69, 9.17) is 11.6 Å². The first-order chi connectivity index (χ1) is 11.0. The minimum absolute atomic E-state index is 0.0780. The third-order valence-corrected chi connectivity index (χ3v) is 5.07. The summed E-state index contributed by atoms with van der Waals surface area (Å²) in [6.07, 6.45) is 0. The van der Waals surface area contributed by atoms with Crippen molar-refractivity contribution >= 4 is 32.7 Å². The van der Waals surface area contributed by atoms with Crippen LogP contribution in [-0.4, -0.2) is 18.4 Å². The summed E-state index contributed by atoms with van der Waals surface area (Å²) < 4.78 is 27.1. The van der Waals surface area contributed by atoms with Gasteiger partial charge in [0.2, 0.25) is 10.0 Å². The summed E-state index contributed by atoms with van der Waals surface area (Å²) in [4.78, 5) is 9.08. The number of hydrogen-bond acceptors (Lipinski definition) is 4. The van der Waals surface area contributed by atoms with E-state index >= 15 is 0 Å². The SMILES string of the molecule is Cc1nc2ccccc2nc1CNS(=O)(=O)c1ccc(Cl)cc1. The number of halogens is 1. The van der Waals surface area contributed by atoms with Crippen molar-refractivity contribution in [2.45, 2.75) is 18.4 Å². The Labute approximate surface area is 139 Å². The molecule has 3 aromatic rings. The smallest absolute Gasteiger partial charge is 0.240 e. The molecule has 1 heterocycles. The first-order valence-corrected chi connectivity index (χ1v) is 8.79. The Balaban J connectivity index is 1.85. The highest BCUT2D eigenvalue weighted by Gasteiger charge is 2.15. The predicted octanol–water partition coefficient (Wildman–Crippen LogP) is 3.07. The molecule has 23 heavy (non-hydrogen) atoms. The van der Waals surface area contributed by atoms with E-state index in [2.05, 4.69) is 14.7 Å². The van der Waals surface area contributed by atoms with Gasteiger partial charge in [0.25, 0.3) is 0 Å². The van der Waals surface area contributed by atoms with Crippen LogP contribution in [0.1, 0.15) is 11.4 Å². The minimum atomic E-state index is -3.62.